The Morgan fingerprint density at radius 1 is 1.11 bits per heavy atom. The van der Waals surface area contributed by atoms with E-state index in [9.17, 15) is 4.39 Å². The molecule has 19 heavy (non-hydrogen) atoms. The number of aryl methyl sites for hydroxylation is 1. The molecule has 0 amide bonds. The van der Waals surface area contributed by atoms with Crippen LogP contribution >= 0.6 is 0 Å². The topological polar surface area (TPSA) is 12.0 Å². The SMILES string of the molecule is CCC(NCc1cccc(C)c1)c1cccc(F)c1. The highest BCUT2D eigenvalue weighted by atomic mass is 19.1. The van der Waals surface area contributed by atoms with Gasteiger partial charge in [-0.05, 0) is 36.6 Å². The first-order valence-electron chi connectivity index (χ1n) is 6.73. The van der Waals surface area contributed by atoms with Gasteiger partial charge in [-0.3, -0.25) is 0 Å². The van der Waals surface area contributed by atoms with Crippen LogP contribution in [0.1, 0.15) is 36.1 Å². The molecule has 1 unspecified atom stereocenters. The van der Waals surface area contributed by atoms with Crippen molar-refractivity contribution in [3.63, 3.8) is 0 Å². The smallest absolute Gasteiger partial charge is 0.123 e. The van der Waals surface area contributed by atoms with E-state index >= 15 is 0 Å². The van der Waals surface area contributed by atoms with Gasteiger partial charge >= 0.3 is 0 Å². The van der Waals surface area contributed by atoms with Gasteiger partial charge < -0.3 is 5.32 Å². The average Bonchev–Trinajstić information content (AvgIpc) is 2.40. The summed E-state index contributed by atoms with van der Waals surface area (Å²) in [5.74, 6) is -0.173. The standard InChI is InChI=1S/C17H20FN/c1-3-17(15-8-5-9-16(18)11-15)19-12-14-7-4-6-13(2)10-14/h4-11,17,19H,3,12H2,1-2H3. The molecule has 1 nitrogen and oxygen atoms in total. The zero-order chi connectivity index (χ0) is 13.7. The fraction of sp³-hybridized carbons (Fsp3) is 0.294. The van der Waals surface area contributed by atoms with Crippen LogP contribution in [-0.2, 0) is 6.54 Å². The highest BCUT2D eigenvalue weighted by molar-refractivity contribution is 5.23. The third-order valence-electron chi connectivity index (χ3n) is 3.29. The van der Waals surface area contributed by atoms with Gasteiger partial charge in [0.25, 0.3) is 0 Å². The van der Waals surface area contributed by atoms with E-state index in [1.54, 1.807) is 12.1 Å². The van der Waals surface area contributed by atoms with Gasteiger partial charge in [0, 0.05) is 12.6 Å². The summed E-state index contributed by atoms with van der Waals surface area (Å²) in [6, 6.07) is 15.5. The van der Waals surface area contributed by atoms with Gasteiger partial charge in [-0.15, -0.1) is 0 Å². The Morgan fingerprint density at radius 3 is 2.58 bits per heavy atom. The summed E-state index contributed by atoms with van der Waals surface area (Å²) in [6.45, 7) is 5.00. The van der Waals surface area contributed by atoms with E-state index < -0.39 is 0 Å². The minimum Gasteiger partial charge on any atom is -0.306 e. The molecular weight excluding hydrogens is 237 g/mol. The number of nitrogens with one attached hydrogen (secondary N) is 1. The summed E-state index contributed by atoms with van der Waals surface area (Å²) in [5.41, 5.74) is 3.53. The number of rotatable bonds is 5. The van der Waals surface area contributed by atoms with Gasteiger partial charge in [0.1, 0.15) is 5.82 Å². The van der Waals surface area contributed by atoms with Crippen LogP contribution in [0.2, 0.25) is 0 Å². The maximum absolute atomic E-state index is 13.3. The van der Waals surface area contributed by atoms with Crippen LogP contribution in [0.3, 0.4) is 0 Å². The zero-order valence-electron chi connectivity index (χ0n) is 11.5. The molecule has 0 radical (unpaired) electrons. The van der Waals surface area contributed by atoms with Crippen LogP contribution in [0.4, 0.5) is 4.39 Å². The molecule has 0 aliphatic rings. The Bertz CT molecular complexity index is 536. The number of halogens is 1. The Morgan fingerprint density at radius 2 is 1.89 bits per heavy atom. The second-order valence-corrected chi connectivity index (χ2v) is 4.89. The fourth-order valence-electron chi connectivity index (χ4n) is 2.28. The Labute approximate surface area is 114 Å². The molecule has 0 spiro atoms. The van der Waals surface area contributed by atoms with Crippen LogP contribution in [-0.4, -0.2) is 0 Å². The third-order valence-corrected chi connectivity index (χ3v) is 3.29. The van der Waals surface area contributed by atoms with Gasteiger partial charge in [0.05, 0.1) is 0 Å². The van der Waals surface area contributed by atoms with E-state index in [4.69, 9.17) is 0 Å². The van der Waals surface area contributed by atoms with Crippen LogP contribution in [0.25, 0.3) is 0 Å². The highest BCUT2D eigenvalue weighted by Crippen LogP contribution is 2.18. The lowest BCUT2D eigenvalue weighted by Crippen LogP contribution is -2.20. The van der Waals surface area contributed by atoms with Crippen LogP contribution in [0.15, 0.2) is 48.5 Å². The molecule has 0 saturated carbocycles. The van der Waals surface area contributed by atoms with E-state index in [2.05, 4.69) is 43.4 Å². The van der Waals surface area contributed by atoms with Crippen molar-refractivity contribution < 1.29 is 4.39 Å². The summed E-state index contributed by atoms with van der Waals surface area (Å²) in [5, 5.41) is 3.49. The molecule has 2 rings (SSSR count). The van der Waals surface area contributed by atoms with E-state index in [1.165, 1.54) is 17.2 Å². The van der Waals surface area contributed by atoms with Crippen molar-refractivity contribution in [2.45, 2.75) is 32.9 Å². The van der Waals surface area contributed by atoms with Crippen LogP contribution in [0.5, 0.6) is 0 Å². The molecule has 1 N–H and O–H groups in total. The molecule has 2 aromatic carbocycles. The first-order valence-corrected chi connectivity index (χ1v) is 6.73. The molecule has 1 atom stereocenters. The molecule has 0 aliphatic heterocycles. The van der Waals surface area contributed by atoms with Crippen LogP contribution in [0, 0.1) is 12.7 Å². The predicted molar refractivity (Wildman–Crippen MR) is 77.5 cm³/mol. The van der Waals surface area contributed by atoms with E-state index in [-0.39, 0.29) is 11.9 Å². The minimum absolute atomic E-state index is 0.173. The Kier molecular flexibility index (Phi) is 4.69. The quantitative estimate of drug-likeness (QED) is 0.838. The molecule has 0 aromatic heterocycles. The maximum Gasteiger partial charge on any atom is 0.123 e. The normalized spacial score (nSPS) is 12.4. The van der Waals surface area contributed by atoms with Crippen molar-refractivity contribution >= 4 is 0 Å². The number of benzene rings is 2. The molecule has 0 bridgehead atoms. The number of hydrogen-bond donors (Lipinski definition) is 1. The lowest BCUT2D eigenvalue weighted by Gasteiger charge is -2.17. The average molecular weight is 257 g/mol. The number of hydrogen-bond acceptors (Lipinski definition) is 1. The zero-order valence-corrected chi connectivity index (χ0v) is 11.5. The molecule has 2 aromatic rings. The Hall–Kier alpha value is -1.67. The lowest BCUT2D eigenvalue weighted by atomic mass is 10.0. The summed E-state index contributed by atoms with van der Waals surface area (Å²) >= 11 is 0. The molecule has 100 valence electrons. The molecule has 2 heteroatoms. The summed E-state index contributed by atoms with van der Waals surface area (Å²) in [6.07, 6.45) is 0.940. The second kappa shape index (κ2) is 6.48. The van der Waals surface area contributed by atoms with Crippen molar-refractivity contribution in [1.82, 2.24) is 5.32 Å². The molecule has 0 saturated heterocycles. The van der Waals surface area contributed by atoms with Crippen molar-refractivity contribution in [3.8, 4) is 0 Å². The molecule has 0 fully saturated rings. The highest BCUT2D eigenvalue weighted by Gasteiger charge is 2.09. The van der Waals surface area contributed by atoms with Gasteiger partial charge in [0.2, 0.25) is 0 Å². The summed E-state index contributed by atoms with van der Waals surface area (Å²) in [7, 11) is 0. The largest absolute Gasteiger partial charge is 0.306 e. The summed E-state index contributed by atoms with van der Waals surface area (Å²) < 4.78 is 13.3. The molecular formula is C17H20FN. The molecule has 0 aliphatic carbocycles. The lowest BCUT2D eigenvalue weighted by molar-refractivity contribution is 0.514. The van der Waals surface area contributed by atoms with Gasteiger partial charge in [-0.1, -0.05) is 48.9 Å². The van der Waals surface area contributed by atoms with E-state index in [0.29, 0.717) is 0 Å². The van der Waals surface area contributed by atoms with Crippen molar-refractivity contribution in [2.75, 3.05) is 0 Å². The van der Waals surface area contributed by atoms with Crippen LogP contribution < -0.4 is 5.32 Å². The van der Waals surface area contributed by atoms with E-state index in [0.717, 1.165) is 18.5 Å². The summed E-state index contributed by atoms with van der Waals surface area (Å²) in [4.78, 5) is 0. The van der Waals surface area contributed by atoms with Crippen molar-refractivity contribution in [3.05, 3.63) is 71.0 Å². The van der Waals surface area contributed by atoms with Gasteiger partial charge in [-0.2, -0.15) is 0 Å². The first kappa shape index (κ1) is 13.8. The van der Waals surface area contributed by atoms with Crippen molar-refractivity contribution in [2.24, 2.45) is 0 Å². The monoisotopic (exact) mass is 257 g/mol. The third kappa shape index (κ3) is 3.90. The van der Waals surface area contributed by atoms with Gasteiger partial charge in [-0.25, -0.2) is 4.39 Å². The van der Waals surface area contributed by atoms with Gasteiger partial charge in [0.15, 0.2) is 0 Å². The Balaban J connectivity index is 2.04. The molecule has 0 heterocycles. The first-order chi connectivity index (χ1) is 9.19. The fourth-order valence-corrected chi connectivity index (χ4v) is 2.28. The van der Waals surface area contributed by atoms with E-state index in [1.807, 2.05) is 6.07 Å². The maximum atomic E-state index is 13.3. The second-order valence-electron chi connectivity index (χ2n) is 4.89. The predicted octanol–water partition coefficient (Wildman–Crippen LogP) is 4.38. The minimum atomic E-state index is -0.173. The van der Waals surface area contributed by atoms with Crippen molar-refractivity contribution in [1.29, 1.82) is 0 Å².